The highest BCUT2D eigenvalue weighted by Crippen LogP contribution is 2.21. The van der Waals surface area contributed by atoms with Gasteiger partial charge >= 0.3 is 5.97 Å². The van der Waals surface area contributed by atoms with Crippen LogP contribution >= 0.6 is 0 Å². The van der Waals surface area contributed by atoms with Gasteiger partial charge in [0.05, 0.1) is 18.8 Å². The second kappa shape index (κ2) is 7.38. The largest absolute Gasteiger partial charge is 0.468 e. The van der Waals surface area contributed by atoms with Crippen LogP contribution in [-0.4, -0.2) is 61.4 Å². The maximum Gasteiger partial charge on any atom is 0.322 e. The van der Waals surface area contributed by atoms with Crippen LogP contribution in [0.15, 0.2) is 0 Å². The number of morpholine rings is 1. The van der Waals surface area contributed by atoms with Gasteiger partial charge in [-0.1, -0.05) is 13.8 Å². The van der Waals surface area contributed by atoms with E-state index in [4.69, 9.17) is 9.47 Å². The number of methoxy groups -OCH3 is 1. The molecule has 1 N–H and O–H groups in total. The minimum absolute atomic E-state index is 0.121. The molecule has 1 fully saturated rings. The summed E-state index contributed by atoms with van der Waals surface area (Å²) in [6.07, 6.45) is 0.988. The number of rotatable bonds is 6. The van der Waals surface area contributed by atoms with Gasteiger partial charge in [0.15, 0.2) is 0 Å². The second-order valence-electron chi connectivity index (χ2n) is 6.61. The van der Waals surface area contributed by atoms with Gasteiger partial charge in [-0.25, -0.2) is 0 Å². The average Bonchev–Trinajstić information content (AvgIpc) is 2.30. The molecular weight excluding hydrogens is 256 g/mol. The van der Waals surface area contributed by atoms with Gasteiger partial charge in [-0.2, -0.15) is 0 Å². The van der Waals surface area contributed by atoms with Crippen LogP contribution in [0.4, 0.5) is 0 Å². The summed E-state index contributed by atoms with van der Waals surface area (Å²) in [6.45, 7) is 13.1. The fourth-order valence-corrected chi connectivity index (χ4v) is 2.88. The topological polar surface area (TPSA) is 50.8 Å². The Morgan fingerprint density at radius 1 is 1.50 bits per heavy atom. The molecule has 20 heavy (non-hydrogen) atoms. The van der Waals surface area contributed by atoms with Gasteiger partial charge in [-0.05, 0) is 27.2 Å². The Morgan fingerprint density at radius 2 is 2.15 bits per heavy atom. The Bertz CT molecular complexity index is 318. The van der Waals surface area contributed by atoms with E-state index < -0.39 is 0 Å². The lowest BCUT2D eigenvalue weighted by Gasteiger charge is -2.42. The van der Waals surface area contributed by atoms with Gasteiger partial charge in [0.2, 0.25) is 0 Å². The van der Waals surface area contributed by atoms with E-state index in [1.165, 1.54) is 7.11 Å². The number of esters is 1. The van der Waals surface area contributed by atoms with Crippen LogP contribution in [0.25, 0.3) is 0 Å². The molecule has 2 atom stereocenters. The first-order chi connectivity index (χ1) is 9.23. The minimum atomic E-state index is -0.235. The van der Waals surface area contributed by atoms with Crippen molar-refractivity contribution in [2.24, 2.45) is 0 Å². The standard InChI is InChI=1S/C15H30N2O3/c1-11(2)16-13(14(18)19-6)7-8-17-9-12(3)20-15(4,5)10-17/h11-13,16H,7-10H2,1-6H3. The summed E-state index contributed by atoms with van der Waals surface area (Å²) in [5, 5.41) is 3.27. The highest BCUT2D eigenvalue weighted by molar-refractivity contribution is 5.75. The molecule has 1 aliphatic rings. The molecule has 0 aromatic heterocycles. The highest BCUT2D eigenvalue weighted by Gasteiger charge is 2.31. The van der Waals surface area contributed by atoms with Crippen LogP contribution in [0.1, 0.15) is 41.0 Å². The molecule has 1 aliphatic heterocycles. The summed E-state index contributed by atoms with van der Waals surface area (Å²) in [5.41, 5.74) is -0.121. The van der Waals surface area contributed by atoms with Gasteiger partial charge in [0.25, 0.3) is 0 Å². The van der Waals surface area contributed by atoms with Crippen molar-refractivity contribution in [1.29, 1.82) is 0 Å². The molecular formula is C15H30N2O3. The van der Waals surface area contributed by atoms with E-state index in [-0.39, 0.29) is 29.8 Å². The quantitative estimate of drug-likeness (QED) is 0.748. The summed E-state index contributed by atoms with van der Waals surface area (Å²) in [5.74, 6) is -0.181. The number of carbonyl (C=O) groups excluding carboxylic acids is 1. The van der Waals surface area contributed by atoms with E-state index in [0.717, 1.165) is 26.1 Å². The molecule has 0 bridgehead atoms. The molecule has 0 spiro atoms. The number of hydrogen-bond acceptors (Lipinski definition) is 5. The van der Waals surface area contributed by atoms with Crippen molar-refractivity contribution in [2.45, 2.75) is 64.8 Å². The Balaban J connectivity index is 2.51. The molecule has 5 nitrogen and oxygen atoms in total. The molecule has 0 aromatic carbocycles. The van der Waals surface area contributed by atoms with E-state index in [9.17, 15) is 4.79 Å². The molecule has 0 saturated carbocycles. The molecule has 1 heterocycles. The zero-order valence-electron chi connectivity index (χ0n) is 13.7. The van der Waals surface area contributed by atoms with Crippen molar-refractivity contribution >= 4 is 5.97 Å². The van der Waals surface area contributed by atoms with Crippen molar-refractivity contribution < 1.29 is 14.3 Å². The van der Waals surface area contributed by atoms with E-state index in [1.807, 2.05) is 13.8 Å². The van der Waals surface area contributed by atoms with Gasteiger partial charge in [-0.3, -0.25) is 9.69 Å². The fraction of sp³-hybridized carbons (Fsp3) is 0.933. The van der Waals surface area contributed by atoms with E-state index >= 15 is 0 Å². The summed E-state index contributed by atoms with van der Waals surface area (Å²) >= 11 is 0. The zero-order chi connectivity index (χ0) is 15.3. The number of hydrogen-bond donors (Lipinski definition) is 1. The minimum Gasteiger partial charge on any atom is -0.468 e. The molecule has 0 radical (unpaired) electrons. The highest BCUT2D eigenvalue weighted by atomic mass is 16.5. The third-order valence-corrected chi connectivity index (χ3v) is 3.39. The third kappa shape index (κ3) is 5.77. The predicted octanol–water partition coefficient (Wildman–Crippen LogP) is 1.42. The molecule has 0 aromatic rings. The molecule has 2 unspecified atom stereocenters. The third-order valence-electron chi connectivity index (χ3n) is 3.39. The van der Waals surface area contributed by atoms with Gasteiger partial charge in [0, 0.05) is 25.7 Å². The number of nitrogens with zero attached hydrogens (tertiary/aromatic N) is 1. The number of ether oxygens (including phenoxy) is 2. The van der Waals surface area contributed by atoms with Gasteiger partial charge < -0.3 is 14.8 Å². The van der Waals surface area contributed by atoms with Crippen molar-refractivity contribution in [2.75, 3.05) is 26.7 Å². The fourth-order valence-electron chi connectivity index (χ4n) is 2.88. The Hall–Kier alpha value is -0.650. The molecule has 1 rings (SSSR count). The smallest absolute Gasteiger partial charge is 0.322 e. The Kier molecular flexibility index (Phi) is 6.43. The van der Waals surface area contributed by atoms with E-state index in [0.29, 0.717) is 0 Å². The molecule has 1 saturated heterocycles. The monoisotopic (exact) mass is 286 g/mol. The SMILES string of the molecule is COC(=O)C(CCN1CC(C)OC(C)(C)C1)NC(C)C. The lowest BCUT2D eigenvalue weighted by atomic mass is 10.0. The zero-order valence-corrected chi connectivity index (χ0v) is 13.7. The van der Waals surface area contributed by atoms with Crippen LogP contribution in [0.2, 0.25) is 0 Å². The van der Waals surface area contributed by atoms with Crippen LogP contribution in [-0.2, 0) is 14.3 Å². The molecule has 118 valence electrons. The maximum atomic E-state index is 11.8. The van der Waals surface area contributed by atoms with Crippen molar-refractivity contribution in [1.82, 2.24) is 10.2 Å². The van der Waals surface area contributed by atoms with Crippen LogP contribution in [0.3, 0.4) is 0 Å². The number of nitrogens with one attached hydrogen (secondary N) is 1. The predicted molar refractivity (Wildman–Crippen MR) is 79.8 cm³/mol. The van der Waals surface area contributed by atoms with Crippen LogP contribution < -0.4 is 5.32 Å². The first-order valence-corrected chi connectivity index (χ1v) is 7.47. The first kappa shape index (κ1) is 17.4. The normalized spacial score (nSPS) is 24.6. The summed E-state index contributed by atoms with van der Waals surface area (Å²) in [7, 11) is 1.44. The average molecular weight is 286 g/mol. The maximum absolute atomic E-state index is 11.8. The van der Waals surface area contributed by atoms with E-state index in [2.05, 4.69) is 31.0 Å². The van der Waals surface area contributed by atoms with Gasteiger partial charge in [-0.15, -0.1) is 0 Å². The van der Waals surface area contributed by atoms with Crippen molar-refractivity contribution in [3.05, 3.63) is 0 Å². The number of carbonyl (C=O) groups is 1. The van der Waals surface area contributed by atoms with E-state index in [1.54, 1.807) is 0 Å². The summed E-state index contributed by atoms with van der Waals surface area (Å²) in [6, 6.07) is 0.0282. The molecule has 0 amide bonds. The van der Waals surface area contributed by atoms with Crippen LogP contribution in [0.5, 0.6) is 0 Å². The lowest BCUT2D eigenvalue weighted by Crippen LogP contribution is -2.53. The second-order valence-corrected chi connectivity index (χ2v) is 6.61. The van der Waals surface area contributed by atoms with Crippen molar-refractivity contribution in [3.63, 3.8) is 0 Å². The Labute approximate surface area is 123 Å². The molecule has 5 heteroatoms. The van der Waals surface area contributed by atoms with Crippen molar-refractivity contribution in [3.8, 4) is 0 Å². The first-order valence-electron chi connectivity index (χ1n) is 7.47. The Morgan fingerprint density at radius 3 is 2.65 bits per heavy atom. The summed E-state index contributed by atoms with van der Waals surface area (Å²) < 4.78 is 10.8. The summed E-state index contributed by atoms with van der Waals surface area (Å²) in [4.78, 5) is 14.2. The molecule has 0 aliphatic carbocycles. The lowest BCUT2D eigenvalue weighted by molar-refractivity contribution is -0.144. The van der Waals surface area contributed by atoms with Crippen LogP contribution in [0, 0.1) is 0 Å². The van der Waals surface area contributed by atoms with Gasteiger partial charge in [0.1, 0.15) is 6.04 Å².